The lowest BCUT2D eigenvalue weighted by Gasteiger charge is -2.42. The Kier molecular flexibility index (Phi) is 14.9. The monoisotopic (exact) mass is 863 g/mol. The molecule has 0 amide bonds. The molecule has 3 aliphatic rings. The van der Waals surface area contributed by atoms with E-state index in [-0.39, 0.29) is 32.2 Å². The van der Waals surface area contributed by atoms with E-state index in [1.807, 2.05) is 103 Å². The van der Waals surface area contributed by atoms with Gasteiger partial charge in [-0.05, 0) is 66.9 Å². The minimum atomic E-state index is -5.00. The minimum absolute atomic E-state index is 0.0954. The molecule has 1 N–H and O–H groups in total. The van der Waals surface area contributed by atoms with Gasteiger partial charge in [0.25, 0.3) is 0 Å². The zero-order valence-corrected chi connectivity index (χ0v) is 35.9. The molecule has 1 unspecified atom stereocenters. The van der Waals surface area contributed by atoms with Crippen molar-refractivity contribution in [3.63, 3.8) is 0 Å². The minimum Gasteiger partial charge on any atom is -0.497 e. The van der Waals surface area contributed by atoms with Crippen molar-refractivity contribution in [2.45, 2.75) is 95.2 Å². The smallest absolute Gasteiger partial charge is 0.397 e. The highest BCUT2D eigenvalue weighted by molar-refractivity contribution is 7.80. The van der Waals surface area contributed by atoms with Crippen molar-refractivity contribution in [2.75, 3.05) is 34.5 Å². The van der Waals surface area contributed by atoms with Gasteiger partial charge in [0, 0.05) is 5.56 Å². The van der Waals surface area contributed by atoms with Crippen LogP contribution >= 0.6 is 0 Å². The SMILES string of the molecule is COc1ccc(COC[C@H]2[C+](C[C@@H]3OC(c4ccccc4)O[C@H]([C@H]4COC(C)(C)O4)[C@@H]3OS(=O)(=O)O)C[C@@H](OCc3ccc(OC)cc3)[C@@H]2OCc2ccc(OC)cc2)cc1. The van der Waals surface area contributed by atoms with Crippen LogP contribution in [0.4, 0.5) is 0 Å². The first kappa shape index (κ1) is 44.8. The Morgan fingerprint density at radius 1 is 0.721 bits per heavy atom. The zero-order valence-electron chi connectivity index (χ0n) is 35.0. The molecule has 8 atom stereocenters. The maximum atomic E-state index is 12.6. The number of rotatable bonds is 19. The molecule has 328 valence electrons. The molecule has 4 aromatic rings. The van der Waals surface area contributed by atoms with E-state index in [1.165, 1.54) is 0 Å². The third kappa shape index (κ3) is 12.0. The summed E-state index contributed by atoms with van der Waals surface area (Å²) < 4.78 is 102. The van der Waals surface area contributed by atoms with Crippen molar-refractivity contribution >= 4 is 10.4 Å². The first-order valence-corrected chi connectivity index (χ1v) is 21.6. The Labute approximate surface area is 358 Å². The Bertz CT molecular complexity index is 2060. The fourth-order valence-electron chi connectivity index (χ4n) is 8.03. The average molecular weight is 864 g/mol. The van der Waals surface area contributed by atoms with Gasteiger partial charge in [0.15, 0.2) is 18.0 Å². The maximum Gasteiger partial charge on any atom is 0.397 e. The van der Waals surface area contributed by atoms with Crippen LogP contribution in [0.1, 0.15) is 55.2 Å². The fourth-order valence-corrected chi connectivity index (χ4v) is 8.54. The molecule has 15 heteroatoms. The molecule has 3 fully saturated rings. The van der Waals surface area contributed by atoms with Gasteiger partial charge in [-0.15, -0.1) is 0 Å². The molecular formula is C46H55O14S+. The number of ether oxygens (including phenoxy) is 10. The zero-order chi connectivity index (χ0) is 43.0. The molecule has 2 heterocycles. The summed E-state index contributed by atoms with van der Waals surface area (Å²) in [4.78, 5) is 0. The van der Waals surface area contributed by atoms with Crippen molar-refractivity contribution < 1.29 is 64.5 Å². The molecule has 7 rings (SSSR count). The molecule has 1 saturated carbocycles. The summed E-state index contributed by atoms with van der Waals surface area (Å²) in [6.45, 7) is 4.74. The van der Waals surface area contributed by atoms with Gasteiger partial charge in [0.1, 0.15) is 72.6 Å². The van der Waals surface area contributed by atoms with E-state index < -0.39 is 59.1 Å². The van der Waals surface area contributed by atoms with Crippen molar-refractivity contribution in [3.05, 3.63) is 131 Å². The van der Waals surface area contributed by atoms with Crippen LogP contribution in [-0.4, -0.2) is 89.9 Å². The lowest BCUT2D eigenvalue weighted by molar-refractivity contribution is -0.304. The topological polar surface area (TPSA) is 156 Å². The standard InChI is InChI=1S/C46H54O14S/c1-46(2)56-29-41(59-46)43-44(60-61(47,48)49)40(57-45(58-43)33-9-7-6-8-10-33)24-34-23-39(54-26-31-13-19-36(51-4)20-14-31)42(55-27-32-15-21-37(52-5)22-16-32)38(34)28-53-25-30-11-17-35(50-3)18-12-30/h6-22,38-45H,23-29H2,1-5H3/p+1/t38-,39+,40-,41+,42+,43+,44+,45?/m0/s1. The molecular weight excluding hydrogens is 809 g/mol. The average Bonchev–Trinajstić information content (AvgIpc) is 3.80. The van der Waals surface area contributed by atoms with Gasteiger partial charge >= 0.3 is 10.4 Å². The molecule has 0 bridgehead atoms. The summed E-state index contributed by atoms with van der Waals surface area (Å²) >= 11 is 0. The highest BCUT2D eigenvalue weighted by Crippen LogP contribution is 2.46. The van der Waals surface area contributed by atoms with E-state index in [2.05, 4.69) is 0 Å². The maximum absolute atomic E-state index is 12.6. The van der Waals surface area contributed by atoms with E-state index >= 15 is 0 Å². The van der Waals surface area contributed by atoms with Crippen LogP contribution in [0, 0.1) is 11.8 Å². The lowest BCUT2D eigenvalue weighted by atomic mass is 9.86. The van der Waals surface area contributed by atoms with Crippen LogP contribution in [0.25, 0.3) is 0 Å². The van der Waals surface area contributed by atoms with E-state index in [4.69, 9.17) is 51.6 Å². The number of methoxy groups -OCH3 is 3. The quantitative estimate of drug-likeness (QED) is 0.0746. The van der Waals surface area contributed by atoms with Gasteiger partial charge in [-0.2, -0.15) is 8.42 Å². The number of hydrogen-bond acceptors (Lipinski definition) is 13. The van der Waals surface area contributed by atoms with E-state index in [0.717, 1.165) is 39.9 Å². The van der Waals surface area contributed by atoms with Gasteiger partial charge in [-0.3, -0.25) is 4.55 Å². The Hall–Kier alpha value is -4.26. The van der Waals surface area contributed by atoms with Gasteiger partial charge in [-0.1, -0.05) is 66.7 Å². The van der Waals surface area contributed by atoms with Crippen LogP contribution in [0.2, 0.25) is 0 Å². The second kappa shape index (κ2) is 20.3. The van der Waals surface area contributed by atoms with Crippen LogP contribution in [0.5, 0.6) is 17.2 Å². The van der Waals surface area contributed by atoms with Crippen molar-refractivity contribution in [3.8, 4) is 17.2 Å². The van der Waals surface area contributed by atoms with Gasteiger partial charge in [-0.25, -0.2) is 4.18 Å². The molecule has 4 aromatic carbocycles. The second-order valence-corrected chi connectivity index (χ2v) is 16.8. The summed E-state index contributed by atoms with van der Waals surface area (Å²) in [7, 11) is -0.141. The van der Waals surface area contributed by atoms with Crippen LogP contribution < -0.4 is 14.2 Å². The molecule has 2 aliphatic heterocycles. The van der Waals surface area contributed by atoms with Crippen LogP contribution in [-0.2, 0) is 67.6 Å². The molecule has 0 spiro atoms. The van der Waals surface area contributed by atoms with E-state index in [9.17, 15) is 13.0 Å². The van der Waals surface area contributed by atoms with Gasteiger partial charge < -0.3 is 47.4 Å². The molecule has 0 aromatic heterocycles. The highest BCUT2D eigenvalue weighted by Gasteiger charge is 2.58. The predicted molar refractivity (Wildman–Crippen MR) is 222 cm³/mol. The van der Waals surface area contributed by atoms with Crippen LogP contribution in [0.15, 0.2) is 103 Å². The fraction of sp³-hybridized carbons (Fsp3) is 0.457. The summed E-state index contributed by atoms with van der Waals surface area (Å²) in [6, 6.07) is 32.3. The highest BCUT2D eigenvalue weighted by atomic mass is 32.3. The van der Waals surface area contributed by atoms with Gasteiger partial charge in [0.05, 0.1) is 54.4 Å². The Balaban J connectivity index is 1.21. The lowest BCUT2D eigenvalue weighted by Crippen LogP contribution is -2.55. The van der Waals surface area contributed by atoms with Crippen LogP contribution in [0.3, 0.4) is 0 Å². The predicted octanol–water partition coefficient (Wildman–Crippen LogP) is 7.21. The van der Waals surface area contributed by atoms with E-state index in [0.29, 0.717) is 25.2 Å². The normalized spacial score (nSPS) is 26.3. The van der Waals surface area contributed by atoms with E-state index in [1.54, 1.807) is 35.2 Å². The van der Waals surface area contributed by atoms with Crippen molar-refractivity contribution in [2.24, 2.45) is 5.92 Å². The van der Waals surface area contributed by atoms with Crippen molar-refractivity contribution in [1.82, 2.24) is 0 Å². The Morgan fingerprint density at radius 3 is 1.80 bits per heavy atom. The molecule has 0 radical (unpaired) electrons. The number of benzene rings is 4. The molecule has 1 aliphatic carbocycles. The summed E-state index contributed by atoms with van der Waals surface area (Å²) in [5.41, 5.74) is 3.54. The first-order valence-electron chi connectivity index (χ1n) is 20.3. The Morgan fingerprint density at radius 2 is 1.28 bits per heavy atom. The second-order valence-electron chi connectivity index (χ2n) is 15.7. The molecule has 2 saturated heterocycles. The summed E-state index contributed by atoms with van der Waals surface area (Å²) in [5, 5.41) is 0. The first-order chi connectivity index (χ1) is 29.4. The largest absolute Gasteiger partial charge is 0.497 e. The van der Waals surface area contributed by atoms with Gasteiger partial charge in [0.2, 0.25) is 0 Å². The summed E-state index contributed by atoms with van der Waals surface area (Å²) in [6.07, 6.45) is -5.33. The molecule has 14 nitrogen and oxygen atoms in total. The third-order valence-electron chi connectivity index (χ3n) is 11.1. The third-order valence-corrected chi connectivity index (χ3v) is 11.6. The molecule has 61 heavy (non-hydrogen) atoms. The summed E-state index contributed by atoms with van der Waals surface area (Å²) in [5.74, 6) is 1.82. The van der Waals surface area contributed by atoms with Crippen molar-refractivity contribution in [1.29, 1.82) is 0 Å². The number of hydrogen-bond donors (Lipinski definition) is 1.